The fourth-order valence-corrected chi connectivity index (χ4v) is 1.85. The number of oxime groups is 1. The van der Waals surface area contributed by atoms with E-state index in [1.165, 1.54) is 17.3 Å². The van der Waals surface area contributed by atoms with Gasteiger partial charge in [-0.25, -0.2) is 9.67 Å². The molecule has 7 nitrogen and oxygen atoms in total. The maximum atomic E-state index is 11.5. The minimum absolute atomic E-state index is 0.0506. The molecule has 110 valence electrons. The maximum absolute atomic E-state index is 11.5. The summed E-state index contributed by atoms with van der Waals surface area (Å²) in [6, 6.07) is 5.06. The van der Waals surface area contributed by atoms with Crippen LogP contribution in [-0.4, -0.2) is 27.0 Å². The number of nitrogens with one attached hydrogen (secondary N) is 1. The molecule has 0 radical (unpaired) electrons. The van der Waals surface area contributed by atoms with Gasteiger partial charge in [-0.2, -0.15) is 5.10 Å². The first-order chi connectivity index (χ1) is 10.1. The Morgan fingerprint density at radius 1 is 1.48 bits per heavy atom. The molecule has 0 aliphatic rings. The highest BCUT2D eigenvalue weighted by Crippen LogP contribution is 2.21. The molecule has 1 N–H and O–H groups in total. The van der Waals surface area contributed by atoms with E-state index in [4.69, 9.17) is 28.0 Å². The van der Waals surface area contributed by atoms with Crippen LogP contribution in [0.1, 0.15) is 5.56 Å². The van der Waals surface area contributed by atoms with Gasteiger partial charge in [0, 0.05) is 15.6 Å². The summed E-state index contributed by atoms with van der Waals surface area (Å²) in [5.74, 6) is -0.294. The summed E-state index contributed by atoms with van der Waals surface area (Å²) in [5, 5.41) is 10.9. The molecule has 0 bridgehead atoms. The van der Waals surface area contributed by atoms with Gasteiger partial charge in [0.25, 0.3) is 0 Å². The third-order valence-corrected chi connectivity index (χ3v) is 2.95. The van der Waals surface area contributed by atoms with E-state index >= 15 is 0 Å². The van der Waals surface area contributed by atoms with E-state index in [0.29, 0.717) is 10.0 Å². The third-order valence-electron chi connectivity index (χ3n) is 2.36. The predicted octanol–water partition coefficient (Wildman–Crippen LogP) is 1.86. The molecule has 1 amide bonds. The van der Waals surface area contributed by atoms with Crippen molar-refractivity contribution in [2.45, 2.75) is 13.2 Å². The maximum Gasteiger partial charge on any atom is 0.246 e. The summed E-state index contributed by atoms with van der Waals surface area (Å²) in [4.78, 5) is 20.2. The lowest BCUT2D eigenvalue weighted by molar-refractivity contribution is -0.120. The highest BCUT2D eigenvalue weighted by molar-refractivity contribution is 6.35. The Bertz CT molecular complexity index is 631. The molecule has 0 unspecified atom stereocenters. The molecule has 1 heterocycles. The van der Waals surface area contributed by atoms with Crippen molar-refractivity contribution >= 4 is 35.4 Å². The Kier molecular flexibility index (Phi) is 5.53. The molecule has 0 saturated heterocycles. The lowest BCUT2D eigenvalue weighted by Crippen LogP contribution is -2.26. The monoisotopic (exact) mass is 327 g/mol. The Balaban J connectivity index is 1.71. The van der Waals surface area contributed by atoms with Crippen LogP contribution in [0.25, 0.3) is 0 Å². The van der Waals surface area contributed by atoms with E-state index < -0.39 is 0 Å². The first-order valence-electron chi connectivity index (χ1n) is 5.84. The molecule has 1 aromatic heterocycles. The number of halogens is 2. The van der Waals surface area contributed by atoms with Gasteiger partial charge in [-0.05, 0) is 12.1 Å². The lowest BCUT2D eigenvalue weighted by Gasteiger charge is -2.03. The van der Waals surface area contributed by atoms with E-state index in [1.807, 2.05) is 0 Å². The first-order valence-corrected chi connectivity index (χ1v) is 6.60. The molecule has 0 atom stereocenters. The first kappa shape index (κ1) is 15.3. The van der Waals surface area contributed by atoms with Gasteiger partial charge in [0.1, 0.15) is 32.1 Å². The lowest BCUT2D eigenvalue weighted by atomic mass is 10.2. The molecular formula is C12H11Cl2N5O2. The fraction of sp³-hybridized carbons (Fsp3) is 0.167. The van der Waals surface area contributed by atoms with Gasteiger partial charge < -0.3 is 10.2 Å². The van der Waals surface area contributed by atoms with Crippen molar-refractivity contribution in [3.63, 3.8) is 0 Å². The highest BCUT2D eigenvalue weighted by atomic mass is 35.5. The third kappa shape index (κ3) is 5.05. The van der Waals surface area contributed by atoms with Crippen LogP contribution in [0.2, 0.25) is 10.0 Å². The molecule has 2 rings (SSSR count). The second kappa shape index (κ2) is 7.61. The van der Waals surface area contributed by atoms with Crippen molar-refractivity contribution in [1.29, 1.82) is 0 Å². The number of amides is 1. The van der Waals surface area contributed by atoms with Gasteiger partial charge in [-0.15, -0.1) is 0 Å². The van der Waals surface area contributed by atoms with Gasteiger partial charge in [0.05, 0.1) is 0 Å². The second-order valence-corrected chi connectivity index (χ2v) is 4.75. The summed E-state index contributed by atoms with van der Waals surface area (Å²) in [6.45, 7) is 0.223. The van der Waals surface area contributed by atoms with E-state index in [9.17, 15) is 4.79 Å². The molecular weight excluding hydrogens is 317 g/mol. The number of benzene rings is 1. The molecule has 0 aliphatic heterocycles. The van der Waals surface area contributed by atoms with Crippen LogP contribution in [0, 0.1) is 0 Å². The largest absolute Gasteiger partial charge is 0.390 e. The average Bonchev–Trinajstić information content (AvgIpc) is 2.93. The number of rotatable bonds is 6. The number of carbonyl (C=O) groups is 1. The van der Waals surface area contributed by atoms with E-state index in [2.05, 4.69) is 20.6 Å². The second-order valence-electron chi connectivity index (χ2n) is 3.90. The van der Waals surface area contributed by atoms with Crippen molar-refractivity contribution in [2.24, 2.45) is 5.16 Å². The molecule has 2 aromatic rings. The summed E-state index contributed by atoms with van der Waals surface area (Å²) >= 11 is 11.8. The Labute approximate surface area is 130 Å². The Hall–Kier alpha value is -2.12. The molecule has 21 heavy (non-hydrogen) atoms. The van der Waals surface area contributed by atoms with Gasteiger partial charge in [-0.3, -0.25) is 4.79 Å². The minimum Gasteiger partial charge on any atom is -0.390 e. The molecule has 0 aliphatic carbocycles. The van der Waals surface area contributed by atoms with Crippen molar-refractivity contribution in [3.8, 4) is 0 Å². The Morgan fingerprint density at radius 2 is 2.33 bits per heavy atom. The van der Waals surface area contributed by atoms with Crippen molar-refractivity contribution in [1.82, 2.24) is 20.1 Å². The van der Waals surface area contributed by atoms with Crippen LogP contribution < -0.4 is 5.32 Å². The van der Waals surface area contributed by atoms with Crippen LogP contribution >= 0.6 is 23.2 Å². The average molecular weight is 328 g/mol. The highest BCUT2D eigenvalue weighted by Gasteiger charge is 2.02. The van der Waals surface area contributed by atoms with E-state index in [1.54, 1.807) is 18.2 Å². The summed E-state index contributed by atoms with van der Waals surface area (Å²) in [7, 11) is 0. The van der Waals surface area contributed by atoms with E-state index in [-0.39, 0.29) is 19.1 Å². The zero-order valence-corrected chi connectivity index (χ0v) is 12.3. The van der Waals surface area contributed by atoms with Crippen LogP contribution in [0.3, 0.4) is 0 Å². The fourth-order valence-electron chi connectivity index (χ4n) is 1.39. The van der Waals surface area contributed by atoms with Gasteiger partial charge >= 0.3 is 0 Å². The molecule has 0 fully saturated rings. The minimum atomic E-state index is -0.294. The zero-order valence-electron chi connectivity index (χ0n) is 10.7. The van der Waals surface area contributed by atoms with Crippen LogP contribution in [0.5, 0.6) is 0 Å². The molecule has 1 aromatic carbocycles. The quantitative estimate of drug-likeness (QED) is 0.499. The normalized spacial score (nSPS) is 10.8. The van der Waals surface area contributed by atoms with Gasteiger partial charge in [-0.1, -0.05) is 34.4 Å². The molecule has 0 spiro atoms. The molecule has 9 heteroatoms. The van der Waals surface area contributed by atoms with Crippen molar-refractivity contribution in [2.75, 3.05) is 0 Å². The zero-order chi connectivity index (χ0) is 15.1. The van der Waals surface area contributed by atoms with Crippen LogP contribution in [0.15, 0.2) is 36.0 Å². The number of hydrogen-bond acceptors (Lipinski definition) is 5. The standard InChI is InChI=1S/C12H11Cl2N5O2/c13-10-2-1-9(11(14)3-10)5-21-18-7-16-12(20)4-19-8-15-6-17-19/h1-3,6-8H,4-5H2,(H,16,18,20). The van der Waals surface area contributed by atoms with Gasteiger partial charge in [0.2, 0.25) is 5.91 Å². The smallest absolute Gasteiger partial charge is 0.246 e. The van der Waals surface area contributed by atoms with Crippen molar-refractivity contribution in [3.05, 3.63) is 46.5 Å². The van der Waals surface area contributed by atoms with Crippen molar-refractivity contribution < 1.29 is 9.63 Å². The predicted molar refractivity (Wildman–Crippen MR) is 77.9 cm³/mol. The number of carbonyl (C=O) groups excluding carboxylic acids is 1. The number of nitrogens with zero attached hydrogens (tertiary/aromatic N) is 4. The van der Waals surface area contributed by atoms with E-state index in [0.717, 1.165) is 11.9 Å². The summed E-state index contributed by atoms with van der Waals surface area (Å²) < 4.78 is 1.39. The Morgan fingerprint density at radius 3 is 3.05 bits per heavy atom. The van der Waals surface area contributed by atoms with Crippen LogP contribution in [0.4, 0.5) is 0 Å². The number of aromatic nitrogens is 3. The van der Waals surface area contributed by atoms with Crippen LogP contribution in [-0.2, 0) is 22.8 Å². The van der Waals surface area contributed by atoms with Gasteiger partial charge in [0.15, 0.2) is 0 Å². The molecule has 0 saturated carbocycles. The SMILES string of the molecule is O=C(Cn1cncn1)NC=NOCc1ccc(Cl)cc1Cl. The topological polar surface area (TPSA) is 81.4 Å². The number of hydrogen-bond donors (Lipinski definition) is 1. The summed E-state index contributed by atoms with van der Waals surface area (Å²) in [5.41, 5.74) is 0.743. The summed E-state index contributed by atoms with van der Waals surface area (Å²) in [6.07, 6.45) is 3.94.